The largest absolute Gasteiger partial charge is 0.399 e. The number of alkyl halides is 2. The van der Waals surface area contributed by atoms with Gasteiger partial charge >= 0.3 is 5.92 Å². The standard InChI is InChI=1S/C23H20F2N4O2/c1-4-23(24,25)17-11-16(12-18(26)13-17)15(3)27-22(31)20-8-9-21(30)29(28-20)19-7-5-6-14(2)10-19/h1,5-13,15H,26H2,2-3H3,(H,27,31)/t15-/m1/s1. The first-order valence-electron chi connectivity index (χ1n) is 9.35. The number of nitrogens with zero attached hydrogens (tertiary/aromatic N) is 2. The number of aromatic nitrogens is 2. The Bertz CT molecular complexity index is 1240. The van der Waals surface area contributed by atoms with E-state index in [2.05, 4.69) is 10.4 Å². The van der Waals surface area contributed by atoms with Crippen LogP contribution in [-0.4, -0.2) is 15.7 Å². The summed E-state index contributed by atoms with van der Waals surface area (Å²) in [7, 11) is 0. The van der Waals surface area contributed by atoms with Crippen LogP contribution in [0.5, 0.6) is 0 Å². The van der Waals surface area contributed by atoms with E-state index in [4.69, 9.17) is 12.2 Å². The van der Waals surface area contributed by atoms with Gasteiger partial charge in [-0.1, -0.05) is 12.1 Å². The third-order valence-corrected chi connectivity index (χ3v) is 4.65. The van der Waals surface area contributed by atoms with Crippen molar-refractivity contribution in [3.05, 3.63) is 87.3 Å². The van der Waals surface area contributed by atoms with Crippen LogP contribution in [-0.2, 0) is 5.92 Å². The maximum Gasteiger partial charge on any atom is 0.333 e. The molecule has 0 bridgehead atoms. The van der Waals surface area contributed by atoms with E-state index in [-0.39, 0.29) is 11.4 Å². The summed E-state index contributed by atoms with van der Waals surface area (Å²) in [5, 5.41) is 6.82. The molecule has 1 aromatic heterocycles. The SMILES string of the molecule is C#CC(F)(F)c1cc(N)cc([C@@H](C)NC(=O)c2ccc(=O)n(-c3cccc(C)c3)n2)c1. The zero-order valence-corrected chi connectivity index (χ0v) is 16.9. The molecule has 0 aliphatic rings. The summed E-state index contributed by atoms with van der Waals surface area (Å²) < 4.78 is 28.9. The Morgan fingerprint density at radius 3 is 2.65 bits per heavy atom. The van der Waals surface area contributed by atoms with E-state index in [0.717, 1.165) is 16.3 Å². The second kappa shape index (κ2) is 8.40. The second-order valence-corrected chi connectivity index (χ2v) is 7.11. The molecule has 0 aliphatic heterocycles. The molecule has 3 rings (SSSR count). The lowest BCUT2D eigenvalue weighted by molar-refractivity contribution is 0.0640. The molecule has 3 aromatic rings. The molecule has 1 amide bonds. The molecule has 0 saturated heterocycles. The minimum atomic E-state index is -3.49. The van der Waals surface area contributed by atoms with E-state index in [0.29, 0.717) is 11.3 Å². The zero-order chi connectivity index (χ0) is 22.8. The summed E-state index contributed by atoms with van der Waals surface area (Å²) in [6.07, 6.45) is 4.91. The molecule has 31 heavy (non-hydrogen) atoms. The molecule has 0 fully saturated rings. The second-order valence-electron chi connectivity index (χ2n) is 7.11. The molecule has 0 radical (unpaired) electrons. The van der Waals surface area contributed by atoms with Gasteiger partial charge in [-0.25, -0.2) is 0 Å². The van der Waals surface area contributed by atoms with Crippen LogP contribution in [0.2, 0.25) is 0 Å². The minimum absolute atomic E-state index is 0.00830. The first kappa shape index (κ1) is 21.7. The van der Waals surface area contributed by atoms with Gasteiger partial charge in [-0.3, -0.25) is 9.59 Å². The van der Waals surface area contributed by atoms with E-state index in [9.17, 15) is 18.4 Å². The summed E-state index contributed by atoms with van der Waals surface area (Å²) in [6.45, 7) is 3.48. The summed E-state index contributed by atoms with van der Waals surface area (Å²) in [4.78, 5) is 24.9. The van der Waals surface area contributed by atoms with E-state index < -0.39 is 29.0 Å². The lowest BCUT2D eigenvalue weighted by atomic mass is 10.0. The Morgan fingerprint density at radius 1 is 1.23 bits per heavy atom. The molecule has 158 valence electrons. The highest BCUT2D eigenvalue weighted by Crippen LogP contribution is 2.31. The molecule has 3 N–H and O–H groups in total. The summed E-state index contributed by atoms with van der Waals surface area (Å²) >= 11 is 0. The molecule has 6 nitrogen and oxygen atoms in total. The van der Waals surface area contributed by atoms with Gasteiger partial charge in [0.25, 0.3) is 11.5 Å². The topological polar surface area (TPSA) is 90.0 Å². The lowest BCUT2D eigenvalue weighted by Gasteiger charge is -2.18. The van der Waals surface area contributed by atoms with Crippen molar-refractivity contribution in [3.8, 4) is 18.0 Å². The maximum atomic E-state index is 13.9. The highest BCUT2D eigenvalue weighted by Gasteiger charge is 2.29. The van der Waals surface area contributed by atoms with Gasteiger partial charge in [-0.2, -0.15) is 18.6 Å². The van der Waals surface area contributed by atoms with Crippen molar-refractivity contribution in [2.75, 3.05) is 5.73 Å². The molecule has 8 heteroatoms. The predicted molar refractivity (Wildman–Crippen MR) is 114 cm³/mol. The molecule has 0 unspecified atom stereocenters. The number of hydrogen-bond acceptors (Lipinski definition) is 4. The fourth-order valence-corrected chi connectivity index (χ4v) is 3.02. The van der Waals surface area contributed by atoms with Gasteiger partial charge in [0.2, 0.25) is 0 Å². The number of rotatable bonds is 5. The van der Waals surface area contributed by atoms with E-state index >= 15 is 0 Å². The number of nitrogens with one attached hydrogen (secondary N) is 1. The van der Waals surface area contributed by atoms with Crippen LogP contribution in [0.1, 0.15) is 40.1 Å². The Labute approximate surface area is 177 Å². The van der Waals surface area contributed by atoms with Crippen molar-refractivity contribution in [2.45, 2.75) is 25.8 Å². The van der Waals surface area contributed by atoms with Crippen molar-refractivity contribution in [3.63, 3.8) is 0 Å². The maximum absolute atomic E-state index is 13.9. The van der Waals surface area contributed by atoms with E-state index in [1.807, 2.05) is 13.0 Å². The Morgan fingerprint density at radius 2 is 1.97 bits per heavy atom. The minimum Gasteiger partial charge on any atom is -0.399 e. The van der Waals surface area contributed by atoms with Crippen LogP contribution in [0.4, 0.5) is 14.5 Å². The normalized spacial score (nSPS) is 12.1. The molecule has 1 heterocycles. The molecule has 0 saturated carbocycles. The van der Waals surface area contributed by atoms with Crippen LogP contribution in [0.15, 0.2) is 59.4 Å². The highest BCUT2D eigenvalue weighted by atomic mass is 19.3. The molecular formula is C23H20F2N4O2. The fraction of sp³-hybridized carbons (Fsp3) is 0.174. The molecule has 2 aromatic carbocycles. The quantitative estimate of drug-likeness (QED) is 0.488. The number of halogens is 2. The van der Waals surface area contributed by atoms with Crippen LogP contribution in [0, 0.1) is 19.3 Å². The van der Waals surface area contributed by atoms with Gasteiger partial charge in [-0.05, 0) is 67.3 Å². The third-order valence-electron chi connectivity index (χ3n) is 4.65. The number of nitrogen functional groups attached to an aromatic ring is 1. The van der Waals surface area contributed by atoms with Crippen LogP contribution < -0.4 is 16.6 Å². The molecule has 0 spiro atoms. The summed E-state index contributed by atoms with van der Waals surface area (Å²) in [5.74, 6) is -2.64. The number of amides is 1. The van der Waals surface area contributed by atoms with Crippen molar-refractivity contribution in [1.82, 2.24) is 15.1 Å². The Balaban J connectivity index is 1.88. The Hall–Kier alpha value is -3.99. The average molecular weight is 422 g/mol. The van der Waals surface area contributed by atoms with Gasteiger partial charge in [0.15, 0.2) is 0 Å². The summed E-state index contributed by atoms with van der Waals surface area (Å²) in [6, 6.07) is 12.7. The number of carbonyl (C=O) groups is 1. The Kier molecular flexibility index (Phi) is 5.88. The van der Waals surface area contributed by atoms with Crippen molar-refractivity contribution in [1.29, 1.82) is 0 Å². The van der Waals surface area contributed by atoms with Crippen molar-refractivity contribution < 1.29 is 13.6 Å². The van der Waals surface area contributed by atoms with Crippen LogP contribution >= 0.6 is 0 Å². The third kappa shape index (κ3) is 4.78. The molecular weight excluding hydrogens is 402 g/mol. The fourth-order valence-electron chi connectivity index (χ4n) is 3.02. The predicted octanol–water partition coefficient (Wildman–Crippen LogP) is 3.34. The van der Waals surface area contributed by atoms with Gasteiger partial charge in [0.05, 0.1) is 11.7 Å². The smallest absolute Gasteiger partial charge is 0.333 e. The molecule has 1 atom stereocenters. The number of hydrogen-bond donors (Lipinski definition) is 2. The number of terminal acetylenes is 1. The van der Waals surface area contributed by atoms with Gasteiger partial charge in [0.1, 0.15) is 5.69 Å². The zero-order valence-electron chi connectivity index (χ0n) is 16.9. The lowest BCUT2D eigenvalue weighted by Crippen LogP contribution is -2.31. The van der Waals surface area contributed by atoms with Crippen LogP contribution in [0.3, 0.4) is 0 Å². The number of anilines is 1. The molecule has 0 aliphatic carbocycles. The van der Waals surface area contributed by atoms with Crippen LogP contribution in [0.25, 0.3) is 5.69 Å². The monoisotopic (exact) mass is 422 g/mol. The van der Waals surface area contributed by atoms with Gasteiger partial charge < -0.3 is 11.1 Å². The van der Waals surface area contributed by atoms with Crippen molar-refractivity contribution in [2.24, 2.45) is 0 Å². The highest BCUT2D eigenvalue weighted by molar-refractivity contribution is 5.92. The number of benzene rings is 2. The van der Waals surface area contributed by atoms with Gasteiger partial charge in [0, 0.05) is 17.3 Å². The summed E-state index contributed by atoms with van der Waals surface area (Å²) in [5.41, 5.74) is 6.79. The van der Waals surface area contributed by atoms with Crippen molar-refractivity contribution >= 4 is 11.6 Å². The van der Waals surface area contributed by atoms with Gasteiger partial charge in [-0.15, -0.1) is 6.42 Å². The average Bonchev–Trinajstić information content (AvgIpc) is 2.73. The number of aryl methyl sites for hydroxylation is 1. The van der Waals surface area contributed by atoms with E-state index in [1.165, 1.54) is 30.2 Å². The van der Waals surface area contributed by atoms with E-state index in [1.54, 1.807) is 25.1 Å². The first-order valence-corrected chi connectivity index (χ1v) is 9.35. The number of nitrogens with two attached hydrogens (primary N) is 1. The first-order chi connectivity index (χ1) is 14.6. The number of carbonyl (C=O) groups excluding carboxylic acids is 1.